The first-order valence-electron chi connectivity index (χ1n) is 3.54. The molecular formula is C7H9ClF2N2S. The Balaban J connectivity index is 2.91. The molecule has 0 radical (unpaired) electrons. The molecule has 0 aliphatic carbocycles. The molecule has 0 saturated carbocycles. The molecular weight excluding hydrogens is 218 g/mol. The van der Waals surface area contributed by atoms with Crippen LogP contribution in [0.2, 0.25) is 0 Å². The van der Waals surface area contributed by atoms with Crippen LogP contribution in [0.25, 0.3) is 0 Å². The zero-order valence-corrected chi connectivity index (χ0v) is 8.42. The molecule has 1 rings (SSSR count). The van der Waals surface area contributed by atoms with Crippen molar-refractivity contribution in [3.8, 4) is 0 Å². The number of aryl methyl sites for hydroxylation is 1. The minimum atomic E-state index is -3.37. The average Bonchev–Trinajstić information content (AvgIpc) is 2.34. The molecule has 0 fully saturated rings. The Morgan fingerprint density at radius 3 is 2.54 bits per heavy atom. The van der Waals surface area contributed by atoms with Crippen LogP contribution in [0.3, 0.4) is 0 Å². The van der Waals surface area contributed by atoms with Crippen molar-refractivity contribution in [2.45, 2.75) is 18.3 Å². The molecule has 0 aliphatic rings. The van der Waals surface area contributed by atoms with Gasteiger partial charge in [-0.25, -0.2) is 5.43 Å². The monoisotopic (exact) mass is 226 g/mol. The van der Waals surface area contributed by atoms with E-state index >= 15 is 0 Å². The Kier molecular flexibility index (Phi) is 3.23. The van der Waals surface area contributed by atoms with E-state index in [4.69, 9.17) is 17.4 Å². The first-order chi connectivity index (χ1) is 5.95. The Hall–Kier alpha value is -0.230. The maximum Gasteiger partial charge on any atom is 0.342 e. The second kappa shape index (κ2) is 3.88. The lowest BCUT2D eigenvalue weighted by Crippen LogP contribution is -2.37. The molecule has 0 spiro atoms. The molecule has 0 saturated heterocycles. The minimum absolute atomic E-state index is 0.431. The number of hydrogen-bond donors (Lipinski definition) is 2. The molecule has 13 heavy (non-hydrogen) atoms. The summed E-state index contributed by atoms with van der Waals surface area (Å²) >= 11 is 6.11. The molecule has 2 nitrogen and oxygen atoms in total. The van der Waals surface area contributed by atoms with Crippen molar-refractivity contribution in [2.24, 2.45) is 5.84 Å². The van der Waals surface area contributed by atoms with Crippen molar-refractivity contribution >= 4 is 22.9 Å². The standard InChI is InChI=1S/C7H9ClF2N2S/c1-4-2-3-5(13-4)6(12-11)7(8,9)10/h2-3,6,12H,11H2,1H3. The zero-order valence-electron chi connectivity index (χ0n) is 6.85. The number of hydrazine groups is 1. The summed E-state index contributed by atoms with van der Waals surface area (Å²) in [6.07, 6.45) is 0. The van der Waals surface area contributed by atoms with Crippen molar-refractivity contribution < 1.29 is 8.78 Å². The van der Waals surface area contributed by atoms with Gasteiger partial charge in [0, 0.05) is 9.75 Å². The number of nitrogens with two attached hydrogens (primary N) is 1. The average molecular weight is 227 g/mol. The van der Waals surface area contributed by atoms with Crippen LogP contribution in [0.4, 0.5) is 8.78 Å². The van der Waals surface area contributed by atoms with Crippen LogP contribution in [0, 0.1) is 6.92 Å². The zero-order chi connectivity index (χ0) is 10.1. The van der Waals surface area contributed by atoms with Crippen LogP contribution in [0.15, 0.2) is 12.1 Å². The lowest BCUT2D eigenvalue weighted by Gasteiger charge is -2.18. The molecule has 0 aromatic carbocycles. The maximum atomic E-state index is 12.7. The highest BCUT2D eigenvalue weighted by atomic mass is 35.5. The molecule has 1 atom stereocenters. The van der Waals surface area contributed by atoms with E-state index in [1.807, 2.05) is 12.3 Å². The topological polar surface area (TPSA) is 38.0 Å². The first kappa shape index (κ1) is 10.8. The summed E-state index contributed by atoms with van der Waals surface area (Å²) in [4.78, 5) is 1.37. The van der Waals surface area contributed by atoms with E-state index in [2.05, 4.69) is 0 Å². The highest BCUT2D eigenvalue weighted by Gasteiger charge is 2.38. The summed E-state index contributed by atoms with van der Waals surface area (Å²) in [5, 5.41) is -3.37. The molecule has 1 aromatic rings. The van der Waals surface area contributed by atoms with Crippen LogP contribution in [-0.2, 0) is 0 Å². The number of halogens is 3. The van der Waals surface area contributed by atoms with Gasteiger partial charge in [0.2, 0.25) is 0 Å². The van der Waals surface area contributed by atoms with Gasteiger partial charge in [-0.05, 0) is 30.7 Å². The van der Waals surface area contributed by atoms with Gasteiger partial charge >= 0.3 is 5.38 Å². The van der Waals surface area contributed by atoms with Gasteiger partial charge in [0.1, 0.15) is 6.04 Å². The fourth-order valence-electron chi connectivity index (χ4n) is 0.947. The van der Waals surface area contributed by atoms with Gasteiger partial charge in [-0.2, -0.15) is 8.78 Å². The van der Waals surface area contributed by atoms with Crippen molar-refractivity contribution in [1.29, 1.82) is 0 Å². The smallest absolute Gasteiger partial charge is 0.271 e. The maximum absolute atomic E-state index is 12.7. The van der Waals surface area contributed by atoms with Gasteiger partial charge in [0.15, 0.2) is 0 Å². The second-order valence-electron chi connectivity index (χ2n) is 2.59. The lowest BCUT2D eigenvalue weighted by molar-refractivity contribution is 0.0511. The summed E-state index contributed by atoms with van der Waals surface area (Å²) in [5.41, 5.74) is 2.00. The van der Waals surface area contributed by atoms with E-state index < -0.39 is 11.4 Å². The number of nitrogens with one attached hydrogen (secondary N) is 1. The van der Waals surface area contributed by atoms with Gasteiger partial charge in [0.05, 0.1) is 0 Å². The van der Waals surface area contributed by atoms with Crippen LogP contribution >= 0.6 is 22.9 Å². The Morgan fingerprint density at radius 1 is 1.62 bits per heavy atom. The second-order valence-corrected chi connectivity index (χ2v) is 4.41. The van der Waals surface area contributed by atoms with E-state index in [0.717, 1.165) is 4.88 Å². The Bertz CT molecular complexity index is 284. The summed E-state index contributed by atoms with van der Waals surface area (Å²) in [7, 11) is 0. The summed E-state index contributed by atoms with van der Waals surface area (Å²) in [6, 6.07) is 2.00. The number of hydrogen-bond acceptors (Lipinski definition) is 3. The number of rotatable bonds is 3. The minimum Gasteiger partial charge on any atom is -0.271 e. The number of alkyl halides is 3. The molecule has 1 heterocycles. The van der Waals surface area contributed by atoms with Crippen molar-refractivity contribution in [1.82, 2.24) is 5.43 Å². The van der Waals surface area contributed by atoms with Gasteiger partial charge in [-0.15, -0.1) is 11.3 Å². The molecule has 1 aromatic heterocycles. The van der Waals surface area contributed by atoms with E-state index in [1.54, 1.807) is 12.1 Å². The van der Waals surface area contributed by atoms with Crippen molar-refractivity contribution in [3.05, 3.63) is 21.9 Å². The number of thiophene rings is 1. The van der Waals surface area contributed by atoms with Crippen molar-refractivity contribution in [3.63, 3.8) is 0 Å². The van der Waals surface area contributed by atoms with Gasteiger partial charge in [0.25, 0.3) is 0 Å². The quantitative estimate of drug-likeness (QED) is 0.472. The van der Waals surface area contributed by atoms with E-state index in [0.29, 0.717) is 4.88 Å². The molecule has 0 aliphatic heterocycles. The van der Waals surface area contributed by atoms with Crippen LogP contribution in [0.5, 0.6) is 0 Å². The molecule has 1 unspecified atom stereocenters. The first-order valence-corrected chi connectivity index (χ1v) is 4.74. The predicted molar refractivity (Wildman–Crippen MR) is 49.9 cm³/mol. The van der Waals surface area contributed by atoms with Crippen LogP contribution < -0.4 is 11.3 Å². The molecule has 6 heteroatoms. The third kappa shape index (κ3) is 2.60. The largest absolute Gasteiger partial charge is 0.342 e. The Morgan fingerprint density at radius 2 is 2.23 bits per heavy atom. The van der Waals surface area contributed by atoms with Gasteiger partial charge in [-0.1, -0.05) is 0 Å². The van der Waals surface area contributed by atoms with Gasteiger partial charge < -0.3 is 0 Å². The Labute approximate surface area is 83.7 Å². The SMILES string of the molecule is Cc1ccc(C(NN)C(F)(F)Cl)s1. The summed E-state index contributed by atoms with van der Waals surface area (Å²) in [5.74, 6) is 4.99. The summed E-state index contributed by atoms with van der Waals surface area (Å²) in [6.45, 7) is 1.83. The normalized spacial score (nSPS) is 14.5. The molecule has 3 N–H and O–H groups in total. The van der Waals surface area contributed by atoms with E-state index in [-0.39, 0.29) is 0 Å². The van der Waals surface area contributed by atoms with Crippen molar-refractivity contribution in [2.75, 3.05) is 0 Å². The fourth-order valence-corrected chi connectivity index (χ4v) is 2.17. The summed E-state index contributed by atoms with van der Waals surface area (Å²) < 4.78 is 25.4. The van der Waals surface area contributed by atoms with E-state index in [1.165, 1.54) is 11.3 Å². The van der Waals surface area contributed by atoms with Crippen LogP contribution in [-0.4, -0.2) is 5.38 Å². The fraction of sp³-hybridized carbons (Fsp3) is 0.429. The molecule has 74 valence electrons. The van der Waals surface area contributed by atoms with E-state index in [9.17, 15) is 8.78 Å². The molecule has 0 amide bonds. The molecule has 0 bridgehead atoms. The van der Waals surface area contributed by atoms with Gasteiger partial charge in [-0.3, -0.25) is 5.84 Å². The highest BCUT2D eigenvalue weighted by molar-refractivity contribution is 7.12. The predicted octanol–water partition coefficient (Wildman–Crippen LogP) is 2.39. The third-order valence-electron chi connectivity index (χ3n) is 1.54. The third-order valence-corrected chi connectivity index (χ3v) is 2.82. The van der Waals surface area contributed by atoms with Crippen LogP contribution in [0.1, 0.15) is 15.8 Å². The highest BCUT2D eigenvalue weighted by Crippen LogP contribution is 2.37. The lowest BCUT2D eigenvalue weighted by atomic mass is 10.2.